The molecule has 3 N–H and O–H groups in total. The highest BCUT2D eigenvalue weighted by Gasteiger charge is 2.50. The van der Waals surface area contributed by atoms with E-state index in [4.69, 9.17) is 19.9 Å². The van der Waals surface area contributed by atoms with E-state index < -0.39 is 58.3 Å². The van der Waals surface area contributed by atoms with Gasteiger partial charge in [-0.25, -0.2) is 32.8 Å². The van der Waals surface area contributed by atoms with Crippen molar-refractivity contribution in [3.05, 3.63) is 154 Å². The van der Waals surface area contributed by atoms with Crippen LogP contribution in [0.2, 0.25) is 0 Å². The molecule has 0 aliphatic heterocycles. The molecular formula is C39H37F3N4O7. The lowest BCUT2D eigenvalue weighted by molar-refractivity contribution is -0.497. The minimum absolute atomic E-state index is 0.102. The molecule has 4 aromatic carbocycles. The molecule has 5 rings (SSSR count). The summed E-state index contributed by atoms with van der Waals surface area (Å²) in [6, 6.07) is 24.7. The average Bonchev–Trinajstić information content (AvgIpc) is 3.11. The first-order chi connectivity index (χ1) is 25.3. The van der Waals surface area contributed by atoms with Crippen LogP contribution in [0.15, 0.2) is 97.1 Å². The van der Waals surface area contributed by atoms with Crippen LogP contribution >= 0.6 is 0 Å². The molecule has 276 valence electrons. The summed E-state index contributed by atoms with van der Waals surface area (Å²) in [5, 5.41) is 20.6. The Hall–Kier alpha value is -5.51. The third-order valence-electron chi connectivity index (χ3n) is 8.40. The van der Waals surface area contributed by atoms with Gasteiger partial charge in [-0.2, -0.15) is 0 Å². The predicted octanol–water partition coefficient (Wildman–Crippen LogP) is 6.42. The van der Waals surface area contributed by atoms with Crippen LogP contribution in [0, 0.1) is 38.2 Å². The van der Waals surface area contributed by atoms with Crippen LogP contribution < -0.4 is 14.8 Å². The molecule has 0 spiro atoms. The predicted molar refractivity (Wildman–Crippen MR) is 184 cm³/mol. The molecule has 2 atom stereocenters. The summed E-state index contributed by atoms with van der Waals surface area (Å²) in [6.07, 6.45) is -2.27. The van der Waals surface area contributed by atoms with Gasteiger partial charge in [0.15, 0.2) is 0 Å². The van der Waals surface area contributed by atoms with Gasteiger partial charge in [0.2, 0.25) is 6.10 Å². The largest absolute Gasteiger partial charge is 0.445 e. The first kappa shape index (κ1) is 38.7. The van der Waals surface area contributed by atoms with Crippen molar-refractivity contribution < 1.29 is 47.5 Å². The average molecular weight is 731 g/mol. The summed E-state index contributed by atoms with van der Waals surface area (Å²) in [7, 11) is 0. The first-order valence-electron chi connectivity index (χ1n) is 16.5. The zero-order valence-corrected chi connectivity index (χ0v) is 29.1. The minimum Gasteiger partial charge on any atom is -0.445 e. The number of Topliss-reactive ketones (excluding diaryl/α,β-unsaturated/α-hetero) is 1. The van der Waals surface area contributed by atoms with Gasteiger partial charge in [0.25, 0.3) is 0 Å². The van der Waals surface area contributed by atoms with Crippen molar-refractivity contribution >= 4 is 11.8 Å². The van der Waals surface area contributed by atoms with Gasteiger partial charge in [0.05, 0.1) is 18.5 Å². The number of carbonyl (C=O) groups is 2. The van der Waals surface area contributed by atoms with Gasteiger partial charge in [0, 0.05) is 35.5 Å². The summed E-state index contributed by atoms with van der Waals surface area (Å²) >= 11 is 0. The van der Waals surface area contributed by atoms with Gasteiger partial charge in [-0.15, -0.1) is 0 Å². The maximum atomic E-state index is 14.6. The number of benzene rings is 4. The molecule has 0 radical (unpaired) electrons. The number of ketones is 1. The van der Waals surface area contributed by atoms with Crippen LogP contribution in [-0.2, 0) is 33.0 Å². The summed E-state index contributed by atoms with van der Waals surface area (Å²) in [5.74, 6) is -4.55. The fourth-order valence-electron chi connectivity index (χ4n) is 5.98. The fraction of sp³-hybridized carbons (Fsp3) is 0.231. The molecule has 53 heavy (non-hydrogen) atoms. The van der Waals surface area contributed by atoms with Crippen molar-refractivity contribution in [2.75, 3.05) is 6.54 Å². The van der Waals surface area contributed by atoms with Crippen LogP contribution in [0.1, 0.15) is 45.6 Å². The van der Waals surface area contributed by atoms with Gasteiger partial charge in [0.1, 0.15) is 34.5 Å². The minimum atomic E-state index is -1.67. The van der Waals surface area contributed by atoms with Crippen molar-refractivity contribution in [2.24, 2.45) is 0 Å². The van der Waals surface area contributed by atoms with Crippen LogP contribution in [0.4, 0.5) is 13.2 Å². The zero-order chi connectivity index (χ0) is 38.1. The van der Waals surface area contributed by atoms with E-state index in [1.54, 1.807) is 74.5 Å². The second kappa shape index (κ2) is 17.3. The number of esters is 1. The number of ether oxygens (including phenoxy) is 2. The Labute approximate surface area is 303 Å². The van der Waals surface area contributed by atoms with E-state index in [1.165, 1.54) is 12.1 Å². The molecular weight excluding hydrogens is 693 g/mol. The van der Waals surface area contributed by atoms with Gasteiger partial charge in [-0.1, -0.05) is 66.7 Å². The zero-order valence-electron chi connectivity index (χ0n) is 29.1. The van der Waals surface area contributed by atoms with E-state index in [0.717, 1.165) is 0 Å². The first-order valence-corrected chi connectivity index (χ1v) is 16.5. The molecule has 0 aliphatic carbocycles. The van der Waals surface area contributed by atoms with E-state index in [2.05, 4.69) is 20.1 Å². The maximum Gasteiger partial charge on any atom is 0.355 e. The van der Waals surface area contributed by atoms with Crippen LogP contribution in [0.3, 0.4) is 0 Å². The third-order valence-corrected chi connectivity index (χ3v) is 8.40. The van der Waals surface area contributed by atoms with Gasteiger partial charge >= 0.3 is 12.0 Å². The van der Waals surface area contributed by atoms with Crippen molar-refractivity contribution in [1.29, 1.82) is 0 Å². The molecule has 14 heteroatoms. The summed E-state index contributed by atoms with van der Waals surface area (Å²) in [4.78, 5) is 41.7. The number of hydrogen-bond donors (Lipinski definition) is 3. The van der Waals surface area contributed by atoms with Crippen LogP contribution in [-0.4, -0.2) is 50.2 Å². The molecule has 5 aromatic rings. The molecule has 1 heterocycles. The van der Waals surface area contributed by atoms with Gasteiger partial charge < -0.3 is 9.47 Å². The molecule has 0 aliphatic rings. The van der Waals surface area contributed by atoms with Crippen LogP contribution in [0.5, 0.6) is 11.8 Å². The molecule has 0 saturated heterocycles. The Morgan fingerprint density at radius 2 is 1.47 bits per heavy atom. The number of nitrogens with zero attached hydrogens (tertiary/aromatic N) is 3. The summed E-state index contributed by atoms with van der Waals surface area (Å²) in [5.41, 5.74) is 1.28. The molecule has 11 nitrogen and oxygen atoms in total. The number of halogens is 3. The Bertz CT molecular complexity index is 2010. The summed E-state index contributed by atoms with van der Waals surface area (Å²) < 4.78 is 54.8. The molecule has 0 saturated carbocycles. The molecule has 0 amide bonds. The third kappa shape index (κ3) is 9.68. The lowest BCUT2D eigenvalue weighted by atomic mass is 9.76. The smallest absolute Gasteiger partial charge is 0.355 e. The monoisotopic (exact) mass is 730 g/mol. The van der Waals surface area contributed by atoms with E-state index in [0.29, 0.717) is 45.8 Å². The number of aryl methyl sites for hydroxylation is 3. The number of rotatable bonds is 16. The van der Waals surface area contributed by atoms with Crippen molar-refractivity contribution in [1.82, 2.24) is 20.7 Å². The second-order valence-electron chi connectivity index (χ2n) is 12.3. The van der Waals surface area contributed by atoms with E-state index in [9.17, 15) is 22.8 Å². The van der Waals surface area contributed by atoms with Crippen molar-refractivity contribution in [3.8, 4) is 11.8 Å². The number of carbonyl (C=O) groups excluding carboxylic acids is 2. The maximum absolute atomic E-state index is 14.6. The number of nitrogens with one attached hydrogen (secondary N) is 1. The Balaban J connectivity index is 1.59. The Morgan fingerprint density at radius 3 is 2.09 bits per heavy atom. The number of hydrogen-bond acceptors (Lipinski definition) is 11. The molecule has 0 bridgehead atoms. The fourth-order valence-corrected chi connectivity index (χ4v) is 5.98. The van der Waals surface area contributed by atoms with E-state index in [1.807, 2.05) is 19.1 Å². The summed E-state index contributed by atoms with van der Waals surface area (Å²) in [6.45, 7) is 4.70. The standard InChI is InChI=1S/C39H37F3N4O7/c1-24-9-7-8-12-33(24)39(28-10-5-4-6-11-28,43-22-30(47)15-18-32-34(41)20-29(40)21-35(32)42)36(53-38-44-25(2)19-26(3)45-38)37(48)52-31-16-13-27(14-17-31)23-51-46(49)50/h4-14,16-17,19-21,36,43,49-50H,15,18,22-23H2,1-3H3/t36-,39+/m1/s1. The SMILES string of the molecule is Cc1cc(C)nc(O[C@H](C(=O)Oc2ccc(CON(O)O)cc2)[C@](NCC(=O)CCc2c(F)cc(F)cc2F)(c2ccccc2)c2ccccc2C)n1. The highest BCUT2D eigenvalue weighted by atomic mass is 19.1. The lowest BCUT2D eigenvalue weighted by Crippen LogP contribution is -2.60. The highest BCUT2D eigenvalue weighted by molar-refractivity contribution is 5.83. The Morgan fingerprint density at radius 1 is 0.849 bits per heavy atom. The van der Waals surface area contributed by atoms with E-state index in [-0.39, 0.29) is 31.2 Å². The normalized spacial score (nSPS) is 13.0. The Kier molecular flexibility index (Phi) is 12.7. The number of aromatic nitrogens is 2. The quantitative estimate of drug-likeness (QED) is 0.0588. The molecule has 0 unspecified atom stereocenters. The van der Waals surface area contributed by atoms with E-state index >= 15 is 0 Å². The second-order valence-corrected chi connectivity index (χ2v) is 12.3. The van der Waals surface area contributed by atoms with Crippen LogP contribution in [0.25, 0.3) is 0 Å². The molecule has 0 fully saturated rings. The lowest BCUT2D eigenvalue weighted by Gasteiger charge is -2.41. The van der Waals surface area contributed by atoms with Crippen molar-refractivity contribution in [3.63, 3.8) is 0 Å². The molecule has 1 aromatic heterocycles. The topological polar surface area (TPSA) is 143 Å². The van der Waals surface area contributed by atoms with Gasteiger partial charge in [-0.05, 0) is 67.6 Å². The highest BCUT2D eigenvalue weighted by Crippen LogP contribution is 2.38. The van der Waals surface area contributed by atoms with Crippen molar-refractivity contribution in [2.45, 2.75) is 51.9 Å². The van der Waals surface area contributed by atoms with Gasteiger partial charge in [-0.3, -0.25) is 20.5 Å².